The fraction of sp³-hybridized carbons (Fsp3) is 0.0588. The van der Waals surface area contributed by atoms with Gasteiger partial charge in [-0.2, -0.15) is 0 Å². The lowest BCUT2D eigenvalue weighted by molar-refractivity contribution is 0.104. The van der Waals surface area contributed by atoms with E-state index in [9.17, 15) is 9.90 Å². The summed E-state index contributed by atoms with van der Waals surface area (Å²) in [5.74, 6) is 0.668. The molecule has 0 spiro atoms. The summed E-state index contributed by atoms with van der Waals surface area (Å²) >= 11 is 5.93. The van der Waals surface area contributed by atoms with Crippen LogP contribution in [0.15, 0.2) is 53.2 Å². The number of phenolic OH excluding ortho intramolecular Hbond substituents is 1. The number of ether oxygens (including phenoxy) is 1. The molecule has 1 heterocycles. The van der Waals surface area contributed by atoms with Crippen LogP contribution in [0.2, 0.25) is 5.02 Å². The Morgan fingerprint density at radius 3 is 2.77 bits per heavy atom. The van der Waals surface area contributed by atoms with E-state index in [2.05, 4.69) is 4.99 Å². The van der Waals surface area contributed by atoms with Crippen molar-refractivity contribution in [2.75, 3.05) is 0 Å². The van der Waals surface area contributed by atoms with Crippen molar-refractivity contribution in [3.8, 4) is 11.5 Å². The van der Waals surface area contributed by atoms with Crippen LogP contribution in [0.1, 0.15) is 21.5 Å². The summed E-state index contributed by atoms with van der Waals surface area (Å²) in [6.45, 7) is 0.366. The van der Waals surface area contributed by atoms with Crippen molar-refractivity contribution in [1.82, 2.24) is 0 Å². The molecular weight excluding hydrogens is 302 g/mol. The number of carbonyl (C=O) groups excluding carboxylic acids is 1. The molecule has 0 bridgehead atoms. The second-order valence-corrected chi connectivity index (χ2v) is 5.50. The van der Waals surface area contributed by atoms with E-state index < -0.39 is 0 Å². The molecular formula is C17H10ClNO3. The van der Waals surface area contributed by atoms with E-state index in [1.54, 1.807) is 12.1 Å². The highest BCUT2D eigenvalue weighted by molar-refractivity contribution is 6.32. The Kier molecular flexibility index (Phi) is 2.81. The molecule has 0 aromatic heterocycles. The molecule has 22 heavy (non-hydrogen) atoms. The minimum absolute atomic E-state index is 0.0630. The van der Waals surface area contributed by atoms with E-state index in [4.69, 9.17) is 16.3 Å². The SMILES string of the molecule is O=C1C=C2Oc3cc(O)c(Cl)cc3CN=C2c2ccccc21. The van der Waals surface area contributed by atoms with Gasteiger partial charge < -0.3 is 9.84 Å². The molecule has 4 rings (SSSR count). The molecule has 0 radical (unpaired) electrons. The molecule has 0 atom stereocenters. The van der Waals surface area contributed by atoms with Crippen molar-refractivity contribution < 1.29 is 14.6 Å². The van der Waals surface area contributed by atoms with Crippen molar-refractivity contribution in [2.45, 2.75) is 6.54 Å². The average molecular weight is 312 g/mol. The molecule has 1 aliphatic carbocycles. The summed E-state index contributed by atoms with van der Waals surface area (Å²) in [5.41, 5.74) is 2.77. The Morgan fingerprint density at radius 2 is 1.95 bits per heavy atom. The topological polar surface area (TPSA) is 58.9 Å². The number of benzene rings is 2. The van der Waals surface area contributed by atoms with Crippen LogP contribution in [0.4, 0.5) is 0 Å². The number of hydrogen-bond donors (Lipinski definition) is 1. The molecule has 2 aromatic carbocycles. The van der Waals surface area contributed by atoms with E-state index in [1.165, 1.54) is 12.1 Å². The molecule has 4 nitrogen and oxygen atoms in total. The number of fused-ring (bicyclic) bond motifs is 4. The molecule has 0 fully saturated rings. The first kappa shape index (κ1) is 13.1. The molecule has 0 saturated carbocycles. The maximum absolute atomic E-state index is 12.2. The maximum atomic E-state index is 12.2. The third kappa shape index (κ3) is 1.92. The van der Waals surface area contributed by atoms with Crippen LogP contribution in [0.5, 0.6) is 11.5 Å². The first-order valence-electron chi connectivity index (χ1n) is 6.73. The van der Waals surface area contributed by atoms with Crippen molar-refractivity contribution in [2.24, 2.45) is 4.99 Å². The normalized spacial score (nSPS) is 15.6. The Morgan fingerprint density at radius 1 is 1.18 bits per heavy atom. The molecule has 0 amide bonds. The van der Waals surface area contributed by atoms with E-state index >= 15 is 0 Å². The van der Waals surface area contributed by atoms with Crippen LogP contribution in [0.25, 0.3) is 0 Å². The Balaban J connectivity index is 1.89. The van der Waals surface area contributed by atoms with Crippen molar-refractivity contribution in [1.29, 1.82) is 0 Å². The number of hydrogen-bond acceptors (Lipinski definition) is 4. The number of aromatic hydroxyl groups is 1. The van der Waals surface area contributed by atoms with Crippen molar-refractivity contribution in [3.63, 3.8) is 0 Å². The van der Waals surface area contributed by atoms with Crippen LogP contribution >= 0.6 is 11.6 Å². The van der Waals surface area contributed by atoms with Gasteiger partial charge in [-0.25, -0.2) is 0 Å². The fourth-order valence-corrected chi connectivity index (χ4v) is 2.81. The van der Waals surface area contributed by atoms with Gasteiger partial charge in [0.15, 0.2) is 11.5 Å². The third-order valence-electron chi connectivity index (χ3n) is 3.70. The second-order valence-electron chi connectivity index (χ2n) is 5.10. The smallest absolute Gasteiger partial charge is 0.190 e. The first-order chi connectivity index (χ1) is 10.6. The highest BCUT2D eigenvalue weighted by atomic mass is 35.5. The van der Waals surface area contributed by atoms with Crippen molar-refractivity contribution >= 4 is 23.1 Å². The molecule has 1 N–H and O–H groups in total. The molecule has 1 aliphatic heterocycles. The number of carbonyl (C=O) groups is 1. The van der Waals surface area contributed by atoms with Crippen LogP contribution < -0.4 is 4.74 Å². The van der Waals surface area contributed by atoms with Gasteiger partial charge in [-0.05, 0) is 6.07 Å². The Labute approximate surface area is 131 Å². The summed E-state index contributed by atoms with van der Waals surface area (Å²) in [6.07, 6.45) is 1.43. The number of allylic oxidation sites excluding steroid dienone is 2. The third-order valence-corrected chi connectivity index (χ3v) is 4.00. The Bertz CT molecular complexity index is 883. The minimum atomic E-state index is -0.119. The standard InChI is InChI=1S/C17H10ClNO3/c18-12-5-9-8-19-17-11-4-2-1-3-10(11)13(20)6-16(17)22-15(9)7-14(12)21/h1-7,21H,8H2. The minimum Gasteiger partial charge on any atom is -0.506 e. The number of rotatable bonds is 0. The van der Waals surface area contributed by atoms with Gasteiger partial charge in [0.2, 0.25) is 0 Å². The quantitative estimate of drug-likeness (QED) is 0.810. The summed E-state index contributed by atoms with van der Waals surface area (Å²) in [6, 6.07) is 10.4. The highest BCUT2D eigenvalue weighted by Crippen LogP contribution is 2.36. The summed E-state index contributed by atoms with van der Waals surface area (Å²) in [4.78, 5) is 16.8. The van der Waals surface area contributed by atoms with E-state index in [-0.39, 0.29) is 16.6 Å². The number of ketones is 1. The zero-order chi connectivity index (χ0) is 15.3. The zero-order valence-electron chi connectivity index (χ0n) is 11.3. The molecule has 108 valence electrons. The van der Waals surface area contributed by atoms with Crippen LogP contribution in [-0.2, 0) is 6.54 Å². The molecule has 0 saturated heterocycles. The van der Waals surface area contributed by atoms with E-state index in [0.717, 1.165) is 11.1 Å². The average Bonchev–Trinajstić information content (AvgIpc) is 2.67. The van der Waals surface area contributed by atoms with Gasteiger partial charge in [0.1, 0.15) is 17.2 Å². The van der Waals surface area contributed by atoms with Crippen LogP contribution in [0, 0.1) is 0 Å². The van der Waals surface area contributed by atoms with Gasteiger partial charge in [-0.1, -0.05) is 35.9 Å². The largest absolute Gasteiger partial charge is 0.506 e. The lowest BCUT2D eigenvalue weighted by Crippen LogP contribution is -2.20. The van der Waals surface area contributed by atoms with Gasteiger partial charge in [0.25, 0.3) is 0 Å². The van der Waals surface area contributed by atoms with E-state index in [1.807, 2.05) is 18.2 Å². The molecule has 0 unspecified atom stereocenters. The predicted octanol–water partition coefficient (Wildman–Crippen LogP) is 3.51. The molecule has 2 aromatic rings. The zero-order valence-corrected chi connectivity index (χ0v) is 12.1. The Hall–Kier alpha value is -2.59. The van der Waals surface area contributed by atoms with E-state index in [0.29, 0.717) is 29.3 Å². The van der Waals surface area contributed by atoms with Gasteiger partial charge in [-0.3, -0.25) is 9.79 Å². The lowest BCUT2D eigenvalue weighted by Gasteiger charge is -2.17. The van der Waals surface area contributed by atoms with Crippen LogP contribution in [-0.4, -0.2) is 16.6 Å². The summed E-state index contributed by atoms with van der Waals surface area (Å²) < 4.78 is 5.81. The number of halogens is 1. The predicted molar refractivity (Wildman–Crippen MR) is 82.8 cm³/mol. The van der Waals surface area contributed by atoms with Gasteiger partial charge >= 0.3 is 0 Å². The second kappa shape index (κ2) is 4.71. The molecule has 2 aliphatic rings. The van der Waals surface area contributed by atoms with Crippen molar-refractivity contribution in [3.05, 3.63) is 69.9 Å². The van der Waals surface area contributed by atoms with Gasteiger partial charge in [0.05, 0.1) is 11.6 Å². The van der Waals surface area contributed by atoms with Gasteiger partial charge in [-0.15, -0.1) is 0 Å². The summed E-state index contributed by atoms with van der Waals surface area (Å²) in [7, 11) is 0. The van der Waals surface area contributed by atoms with Gasteiger partial charge in [0, 0.05) is 28.8 Å². The monoisotopic (exact) mass is 311 g/mol. The number of aliphatic imine (C=N–C) groups is 1. The highest BCUT2D eigenvalue weighted by Gasteiger charge is 2.27. The number of phenols is 1. The number of nitrogens with zero attached hydrogens (tertiary/aromatic N) is 1. The first-order valence-corrected chi connectivity index (χ1v) is 7.11. The molecule has 5 heteroatoms. The lowest BCUT2D eigenvalue weighted by atomic mass is 9.93. The fourth-order valence-electron chi connectivity index (χ4n) is 2.63. The summed E-state index contributed by atoms with van der Waals surface area (Å²) in [5, 5.41) is 9.99. The van der Waals surface area contributed by atoms with Crippen LogP contribution in [0.3, 0.4) is 0 Å². The maximum Gasteiger partial charge on any atom is 0.190 e.